The molecule has 200 valence electrons. The quantitative estimate of drug-likeness (QED) is 0.282. The van der Waals surface area contributed by atoms with Crippen molar-refractivity contribution < 1.29 is 24.2 Å². The molecule has 2 amide bonds. The molecule has 2 heterocycles. The Morgan fingerprint density at radius 1 is 1.28 bits per heavy atom. The van der Waals surface area contributed by atoms with E-state index in [0.29, 0.717) is 31.7 Å². The molecule has 5 aliphatic rings. The Balaban J connectivity index is 1.47. The summed E-state index contributed by atoms with van der Waals surface area (Å²) in [6.45, 7) is 12.9. The number of carbonyl (C=O) groups is 3. The van der Waals surface area contributed by atoms with Crippen LogP contribution in [0.1, 0.15) is 65.7 Å². The van der Waals surface area contributed by atoms with Gasteiger partial charge in [-0.25, -0.2) is 4.79 Å². The maximum Gasteiger partial charge on any atom is 0.414 e. The third-order valence-electron chi connectivity index (χ3n) is 11.0. The number of Topliss-reactive ketones (excluding diaryl/α,β-unsaturated/α-hetero) is 1. The molecule has 0 aromatic heterocycles. The fourth-order valence-electron chi connectivity index (χ4n) is 8.85. The molecule has 4 bridgehead atoms. The van der Waals surface area contributed by atoms with Crippen molar-refractivity contribution in [3.63, 3.8) is 0 Å². The van der Waals surface area contributed by atoms with E-state index in [4.69, 9.17) is 4.74 Å². The maximum absolute atomic E-state index is 13.5. The van der Waals surface area contributed by atoms with Crippen LogP contribution in [0.2, 0.25) is 0 Å². The number of nitrogens with one attached hydrogen (secondary N) is 1. The van der Waals surface area contributed by atoms with Gasteiger partial charge < -0.3 is 14.7 Å². The zero-order valence-electron chi connectivity index (χ0n) is 21.8. The Labute approximate surface area is 228 Å². The number of hydrogen-bond acceptors (Lipinski definition) is 6. The van der Waals surface area contributed by atoms with E-state index < -0.39 is 27.1 Å². The van der Waals surface area contributed by atoms with Gasteiger partial charge in [0, 0.05) is 30.8 Å². The third kappa shape index (κ3) is 3.91. The molecule has 8 heteroatoms. The van der Waals surface area contributed by atoms with Gasteiger partial charge in [0.15, 0.2) is 0 Å². The zero-order chi connectivity index (χ0) is 26.0. The Bertz CT molecular complexity index is 958. The summed E-state index contributed by atoms with van der Waals surface area (Å²) in [4.78, 5) is 42.0. The monoisotopic (exact) mass is 612 g/mol. The number of amides is 2. The molecule has 3 saturated carbocycles. The van der Waals surface area contributed by atoms with E-state index in [0.717, 1.165) is 38.8 Å². The van der Waals surface area contributed by atoms with Crippen LogP contribution in [0.3, 0.4) is 0 Å². The number of imide groups is 1. The Hall–Kier alpha value is -1.00. The van der Waals surface area contributed by atoms with Gasteiger partial charge in [-0.2, -0.15) is 0 Å². The van der Waals surface area contributed by atoms with Gasteiger partial charge in [-0.05, 0) is 68.2 Å². The average molecular weight is 613 g/mol. The van der Waals surface area contributed by atoms with Crippen LogP contribution in [-0.4, -0.2) is 63.1 Å². The smallest absolute Gasteiger partial charge is 0.414 e. The van der Waals surface area contributed by atoms with E-state index in [1.165, 1.54) is 0 Å². The summed E-state index contributed by atoms with van der Waals surface area (Å²) >= 11 is 2.44. The molecule has 11 atom stereocenters. The van der Waals surface area contributed by atoms with Gasteiger partial charge in [0.1, 0.15) is 11.9 Å². The van der Waals surface area contributed by atoms with Gasteiger partial charge in [-0.15, -0.1) is 6.58 Å². The molecule has 0 aromatic rings. The number of rotatable bonds is 4. The molecule has 7 nitrogen and oxygen atoms in total. The maximum atomic E-state index is 13.5. The van der Waals surface area contributed by atoms with Crippen molar-refractivity contribution in [2.75, 3.05) is 19.6 Å². The normalized spacial score (nSPS) is 49.6. The zero-order valence-corrected chi connectivity index (χ0v) is 24.0. The highest BCUT2D eigenvalue weighted by Gasteiger charge is 2.69. The fraction of sp³-hybridized carbons (Fsp3) is 0.821. The lowest BCUT2D eigenvalue weighted by molar-refractivity contribution is -0.155. The number of alkyl halides is 1. The first kappa shape index (κ1) is 26.6. The second kappa shape index (κ2) is 9.33. The van der Waals surface area contributed by atoms with Crippen molar-refractivity contribution in [2.45, 2.75) is 81.3 Å². The van der Waals surface area contributed by atoms with Crippen LogP contribution >= 0.6 is 22.6 Å². The van der Waals surface area contributed by atoms with Crippen molar-refractivity contribution in [2.24, 2.45) is 40.4 Å². The van der Waals surface area contributed by atoms with Gasteiger partial charge in [0.05, 0.1) is 15.4 Å². The predicted molar refractivity (Wildman–Crippen MR) is 144 cm³/mol. The van der Waals surface area contributed by atoms with Crippen LogP contribution in [0.15, 0.2) is 12.7 Å². The predicted octanol–water partition coefficient (Wildman–Crippen LogP) is 4.11. The van der Waals surface area contributed by atoms with Crippen LogP contribution in [0, 0.1) is 40.4 Å². The molecule has 0 aromatic carbocycles. The summed E-state index contributed by atoms with van der Waals surface area (Å²) in [6.07, 6.45) is 4.92. The van der Waals surface area contributed by atoms with E-state index in [1.54, 1.807) is 0 Å². The van der Waals surface area contributed by atoms with Gasteiger partial charge in [0.25, 0.3) is 0 Å². The minimum Gasteiger partial charge on any atom is -0.444 e. The van der Waals surface area contributed by atoms with Gasteiger partial charge in [0.2, 0.25) is 5.91 Å². The van der Waals surface area contributed by atoms with E-state index in [9.17, 15) is 19.5 Å². The highest BCUT2D eigenvalue weighted by Crippen LogP contribution is 2.67. The fourth-order valence-corrected chi connectivity index (χ4v) is 10.5. The average Bonchev–Trinajstić information content (AvgIpc) is 3.55. The number of piperidine rings is 1. The molecular weight excluding hydrogens is 571 g/mol. The minimum absolute atomic E-state index is 0.0512. The number of aliphatic hydroxyl groups excluding tert-OH is 1. The molecule has 2 aliphatic heterocycles. The van der Waals surface area contributed by atoms with Crippen LogP contribution < -0.4 is 5.32 Å². The van der Waals surface area contributed by atoms with Crippen LogP contribution in [0.4, 0.5) is 4.79 Å². The number of hydrogen-bond donors (Lipinski definition) is 2. The number of allylic oxidation sites excluding steroid dienone is 1. The molecule has 4 unspecified atom stereocenters. The molecule has 5 fully saturated rings. The van der Waals surface area contributed by atoms with Gasteiger partial charge in [-0.1, -0.05) is 49.4 Å². The van der Waals surface area contributed by atoms with E-state index >= 15 is 0 Å². The van der Waals surface area contributed by atoms with E-state index in [-0.39, 0.29) is 40.8 Å². The number of aliphatic hydroxyl groups is 1. The number of alkyl carbamates (subject to hydrolysis) is 1. The second-order valence-corrected chi connectivity index (χ2v) is 14.7. The number of fused-ring (bicyclic) bond motifs is 2. The van der Waals surface area contributed by atoms with Crippen LogP contribution in [-0.2, 0) is 14.3 Å². The summed E-state index contributed by atoms with van der Waals surface area (Å²) in [6, 6.07) is 0. The van der Waals surface area contributed by atoms with Crippen molar-refractivity contribution in [3.8, 4) is 0 Å². The Kier molecular flexibility index (Phi) is 6.89. The van der Waals surface area contributed by atoms with E-state index in [1.807, 2.05) is 13.0 Å². The number of halogens is 1. The van der Waals surface area contributed by atoms with Gasteiger partial charge in [-0.3, -0.25) is 14.9 Å². The second-order valence-electron chi connectivity index (χ2n) is 12.8. The first-order valence-corrected chi connectivity index (χ1v) is 14.8. The highest BCUT2D eigenvalue weighted by atomic mass is 127. The largest absolute Gasteiger partial charge is 0.444 e. The SMILES string of the molecule is C=CC[C@]1(C)C[C@@H](OC(=O)NC(=O)[C@H]2CN3CCC2C3)[C@@]2(I)C3C(=O)CCC3(CC[C@H]2C)[C@@H](C)[C@@H]1O. The van der Waals surface area contributed by atoms with Crippen molar-refractivity contribution in [3.05, 3.63) is 12.7 Å². The molecule has 2 saturated heterocycles. The summed E-state index contributed by atoms with van der Waals surface area (Å²) in [7, 11) is 0. The number of nitrogens with zero attached hydrogens (tertiary/aromatic N) is 1. The first-order chi connectivity index (χ1) is 17.0. The summed E-state index contributed by atoms with van der Waals surface area (Å²) in [5.41, 5.74) is -0.871. The van der Waals surface area contributed by atoms with Crippen LogP contribution in [0.5, 0.6) is 0 Å². The summed E-state index contributed by atoms with van der Waals surface area (Å²) < 4.78 is 5.59. The molecule has 0 radical (unpaired) electrons. The topological polar surface area (TPSA) is 95.9 Å². The Morgan fingerprint density at radius 3 is 2.67 bits per heavy atom. The molecule has 5 rings (SSSR count). The van der Waals surface area contributed by atoms with Gasteiger partial charge >= 0.3 is 6.09 Å². The molecule has 36 heavy (non-hydrogen) atoms. The number of ketones is 1. The molecule has 0 spiro atoms. The van der Waals surface area contributed by atoms with Crippen molar-refractivity contribution in [1.29, 1.82) is 0 Å². The van der Waals surface area contributed by atoms with Crippen molar-refractivity contribution >= 4 is 40.4 Å². The first-order valence-electron chi connectivity index (χ1n) is 13.7. The summed E-state index contributed by atoms with van der Waals surface area (Å²) in [5, 5.41) is 14.3. The summed E-state index contributed by atoms with van der Waals surface area (Å²) in [5.74, 6) is -0.0832. The lowest BCUT2D eigenvalue weighted by atomic mass is 9.48. The van der Waals surface area contributed by atoms with E-state index in [2.05, 4.69) is 53.2 Å². The standard InChI is InChI=1S/C28H41IN2O5/c1-5-9-26(4)13-21(36-25(35)30-24(34)19-15-31-12-8-18(19)14-31)28(29)16(2)6-10-27(17(3)23(26)33)11-7-20(32)22(27)28/h5,16-19,21-23,33H,1,6-15H2,2-4H3,(H,30,34,35)/t16-,17+,18?,19+,21-,22?,23+,26-,27?,28-/m1/s1. The molecular formula is C28H41IN2O5. The van der Waals surface area contributed by atoms with Crippen LogP contribution in [0.25, 0.3) is 0 Å². The highest BCUT2D eigenvalue weighted by molar-refractivity contribution is 14.1. The Morgan fingerprint density at radius 2 is 2.03 bits per heavy atom. The molecule has 2 N–H and O–H groups in total. The number of ether oxygens (including phenoxy) is 1. The lowest BCUT2D eigenvalue weighted by Crippen LogP contribution is -2.65. The third-order valence-corrected chi connectivity index (χ3v) is 13.3. The molecule has 3 aliphatic carbocycles. The number of carbonyl (C=O) groups excluding carboxylic acids is 3. The minimum atomic E-state index is -0.725. The van der Waals surface area contributed by atoms with Crippen molar-refractivity contribution in [1.82, 2.24) is 10.2 Å². The lowest BCUT2D eigenvalue weighted by Gasteiger charge is -2.61.